The van der Waals surface area contributed by atoms with Gasteiger partial charge in [-0.2, -0.15) is 0 Å². The first-order valence-corrected chi connectivity index (χ1v) is 23.5. The molecule has 1 aliphatic heterocycles. The van der Waals surface area contributed by atoms with Crippen molar-refractivity contribution in [3.8, 4) is 11.1 Å². The van der Waals surface area contributed by atoms with Gasteiger partial charge in [0.2, 0.25) is 0 Å². The van der Waals surface area contributed by atoms with Crippen LogP contribution in [0.15, 0.2) is 102 Å². The number of rotatable bonds is 5. The smallest absolute Gasteiger partial charge is 1.00 e. The average Bonchev–Trinajstić information content (AvgIpc) is 3.58. The minimum atomic E-state index is -2.80. The Hall–Kier alpha value is -2.18. The van der Waals surface area contributed by atoms with Crippen LogP contribution in [0.1, 0.15) is 109 Å². The zero-order chi connectivity index (χ0) is 31.9. The first-order valence-electron chi connectivity index (χ1n) is 17.2. The molecule has 0 spiro atoms. The van der Waals surface area contributed by atoms with Gasteiger partial charge in [-0.1, -0.05) is 0 Å². The molecule has 1 saturated heterocycles. The van der Waals surface area contributed by atoms with Crippen LogP contribution >= 0.6 is 0 Å². The summed E-state index contributed by atoms with van der Waals surface area (Å²) in [7, 11) is 0. The summed E-state index contributed by atoms with van der Waals surface area (Å²) in [6.07, 6.45) is 2.58. The molecule has 4 aromatic carbocycles. The van der Waals surface area contributed by atoms with Crippen molar-refractivity contribution in [1.82, 2.24) is 0 Å². The Bertz CT molecular complexity index is 1840. The summed E-state index contributed by atoms with van der Waals surface area (Å²) >= 11 is -2.80. The molecule has 0 radical (unpaired) electrons. The SMILES string of the molecule is CC1=Cc2c(-c3ccc(C(C)(C)C)cc3)cccc2[CH]1[Zr+2]1([CH]2C(C(C)C)=C(c3ccc(C(C)(C)C)cc3)c3ccccc32)[CH2][CH2]1.[Cl-].[Cl-]. The first kappa shape index (κ1) is 36.1. The van der Waals surface area contributed by atoms with Crippen LogP contribution in [0.25, 0.3) is 22.8 Å². The van der Waals surface area contributed by atoms with Gasteiger partial charge >= 0.3 is 279 Å². The fourth-order valence-electron chi connectivity index (χ4n) is 8.75. The van der Waals surface area contributed by atoms with Crippen molar-refractivity contribution in [2.75, 3.05) is 0 Å². The summed E-state index contributed by atoms with van der Waals surface area (Å²) in [5.41, 5.74) is 18.5. The van der Waals surface area contributed by atoms with E-state index in [2.05, 4.69) is 159 Å². The van der Waals surface area contributed by atoms with Crippen LogP contribution in [0.5, 0.6) is 0 Å². The topological polar surface area (TPSA) is 0 Å². The molecule has 0 amide bonds. The van der Waals surface area contributed by atoms with Crippen molar-refractivity contribution in [1.29, 1.82) is 0 Å². The van der Waals surface area contributed by atoms with Gasteiger partial charge in [0.25, 0.3) is 0 Å². The second-order valence-corrected chi connectivity index (χ2v) is 27.9. The first-order chi connectivity index (χ1) is 21.3. The van der Waals surface area contributed by atoms with Gasteiger partial charge in [0.15, 0.2) is 0 Å². The molecule has 0 bridgehead atoms. The van der Waals surface area contributed by atoms with E-state index in [1.807, 2.05) is 0 Å². The van der Waals surface area contributed by atoms with Crippen molar-refractivity contribution in [3.63, 3.8) is 0 Å². The third kappa shape index (κ3) is 6.13. The summed E-state index contributed by atoms with van der Waals surface area (Å²) in [5.74, 6) is 0.520. The van der Waals surface area contributed by atoms with Crippen molar-refractivity contribution in [2.24, 2.45) is 5.92 Å². The van der Waals surface area contributed by atoms with Crippen LogP contribution in [-0.2, 0) is 31.1 Å². The van der Waals surface area contributed by atoms with E-state index in [4.69, 9.17) is 0 Å². The number of benzene rings is 4. The predicted octanol–water partition coefficient (Wildman–Crippen LogP) is 6.63. The Morgan fingerprint density at radius 2 is 1.11 bits per heavy atom. The molecule has 2 aliphatic carbocycles. The Labute approximate surface area is 301 Å². The van der Waals surface area contributed by atoms with E-state index in [1.54, 1.807) is 27.8 Å². The van der Waals surface area contributed by atoms with Crippen molar-refractivity contribution >= 4 is 11.6 Å². The third-order valence-electron chi connectivity index (χ3n) is 11.1. The predicted molar refractivity (Wildman–Crippen MR) is 192 cm³/mol. The Kier molecular flexibility index (Phi) is 9.94. The van der Waals surface area contributed by atoms with Gasteiger partial charge in [-0.3, -0.25) is 0 Å². The van der Waals surface area contributed by atoms with E-state index in [9.17, 15) is 0 Å². The quantitative estimate of drug-likeness (QED) is 0.216. The second-order valence-electron chi connectivity index (χ2n) is 16.5. The number of halogens is 2. The van der Waals surface area contributed by atoms with E-state index >= 15 is 0 Å². The van der Waals surface area contributed by atoms with Crippen LogP contribution in [0.2, 0.25) is 8.26 Å². The fourth-order valence-corrected chi connectivity index (χ4v) is 26.7. The van der Waals surface area contributed by atoms with Crippen LogP contribution < -0.4 is 24.8 Å². The van der Waals surface area contributed by atoms with Gasteiger partial charge in [-0.25, -0.2) is 0 Å². The molecule has 2 atom stereocenters. The molecule has 4 aromatic rings. The molecule has 1 heterocycles. The normalized spacial score (nSPS) is 18.8. The summed E-state index contributed by atoms with van der Waals surface area (Å²) in [6, 6.07) is 35.7. The maximum absolute atomic E-state index is 2.80. The van der Waals surface area contributed by atoms with Crippen LogP contribution in [0.3, 0.4) is 0 Å². The maximum atomic E-state index is 2.58. The molecule has 7 rings (SSSR count). The van der Waals surface area contributed by atoms with E-state index in [-0.39, 0.29) is 35.6 Å². The van der Waals surface area contributed by atoms with Gasteiger partial charge in [-0.05, 0) is 0 Å². The summed E-state index contributed by atoms with van der Waals surface area (Å²) in [6.45, 7) is 21.2. The van der Waals surface area contributed by atoms with E-state index in [0.29, 0.717) is 13.2 Å². The average molecular weight is 741 g/mol. The molecule has 0 N–H and O–H groups in total. The van der Waals surface area contributed by atoms with Crippen LogP contribution in [0.4, 0.5) is 0 Å². The standard InChI is InChI=1S/C22H25.C20H21.C2H4.2ClH.Zr/c1-15(2)20-14-17-8-6-7-9-19(17)21(20)16-10-12-18(13-11-16)22(3,4)5;1-14-12-16-6-5-7-18(19(16)13-14)15-8-10-17(11-9-15)20(2,3)4;1-2;;;/h6-15H,1-5H3;5-13H,1-4H3;1-2H2;2*1H;/q;;;;;+2/p-2. The fraction of sp³-hybridized carbons (Fsp3) is 0.364. The molecule has 3 aliphatic rings. The number of allylic oxidation sites excluding steroid dienone is 2. The molecule has 1 fully saturated rings. The zero-order valence-corrected chi connectivity index (χ0v) is 33.6. The molecule has 244 valence electrons. The minimum absolute atomic E-state index is 0. The maximum Gasteiger partial charge on any atom is -1.00 e. The van der Waals surface area contributed by atoms with Crippen LogP contribution in [-0.4, -0.2) is 0 Å². The van der Waals surface area contributed by atoms with E-state index in [0.717, 1.165) is 0 Å². The molecule has 3 heteroatoms. The van der Waals surface area contributed by atoms with Gasteiger partial charge in [0.1, 0.15) is 0 Å². The Morgan fingerprint density at radius 3 is 1.64 bits per heavy atom. The molecule has 0 aromatic heterocycles. The second kappa shape index (κ2) is 12.9. The van der Waals surface area contributed by atoms with Crippen LogP contribution in [0, 0.1) is 5.92 Å². The molecule has 0 nitrogen and oxygen atoms in total. The van der Waals surface area contributed by atoms with E-state index < -0.39 is 20.3 Å². The Morgan fingerprint density at radius 1 is 0.596 bits per heavy atom. The monoisotopic (exact) mass is 738 g/mol. The Balaban J connectivity index is 0.00000217. The molecular formula is C44H50Cl2Zr. The molecule has 0 saturated carbocycles. The van der Waals surface area contributed by atoms with Crippen molar-refractivity contribution in [3.05, 3.63) is 141 Å². The molecule has 47 heavy (non-hydrogen) atoms. The molecule has 2 unspecified atom stereocenters. The minimum Gasteiger partial charge on any atom is -1.00 e. The number of hydrogen-bond acceptors (Lipinski definition) is 0. The van der Waals surface area contributed by atoms with Gasteiger partial charge in [-0.15, -0.1) is 0 Å². The van der Waals surface area contributed by atoms with Gasteiger partial charge < -0.3 is 24.8 Å². The number of hydrogen-bond donors (Lipinski definition) is 0. The summed E-state index contributed by atoms with van der Waals surface area (Å²) < 4.78 is 4.26. The van der Waals surface area contributed by atoms with Gasteiger partial charge in [0, 0.05) is 0 Å². The summed E-state index contributed by atoms with van der Waals surface area (Å²) in [4.78, 5) is 0. The molecular weight excluding hydrogens is 691 g/mol. The van der Waals surface area contributed by atoms with E-state index in [1.165, 1.54) is 47.2 Å². The number of fused-ring (bicyclic) bond motifs is 2. The zero-order valence-electron chi connectivity index (χ0n) is 29.6. The van der Waals surface area contributed by atoms with Crippen molar-refractivity contribution < 1.29 is 45.1 Å². The van der Waals surface area contributed by atoms with Crippen molar-refractivity contribution in [2.45, 2.75) is 88.7 Å². The summed E-state index contributed by atoms with van der Waals surface area (Å²) in [5, 5.41) is 0. The van der Waals surface area contributed by atoms with Gasteiger partial charge in [0.05, 0.1) is 0 Å². The third-order valence-corrected chi connectivity index (χ3v) is 24.3. The largest absolute Gasteiger partial charge is 1.00 e.